The summed E-state index contributed by atoms with van der Waals surface area (Å²) in [6.45, 7) is 2.52. The SMILES string of the molecule is CCCOc1nc(Cl)nc(Nc2ccc(Cl)cc2I)n1. The van der Waals surface area contributed by atoms with E-state index in [0.717, 1.165) is 15.7 Å². The van der Waals surface area contributed by atoms with E-state index < -0.39 is 0 Å². The Balaban J connectivity index is 2.21. The van der Waals surface area contributed by atoms with Crippen LogP contribution in [0.5, 0.6) is 6.01 Å². The van der Waals surface area contributed by atoms with Gasteiger partial charge in [-0.15, -0.1) is 0 Å². The van der Waals surface area contributed by atoms with E-state index >= 15 is 0 Å². The van der Waals surface area contributed by atoms with Crippen molar-refractivity contribution in [1.82, 2.24) is 15.0 Å². The van der Waals surface area contributed by atoms with Gasteiger partial charge in [-0.05, 0) is 58.8 Å². The number of hydrogen-bond donors (Lipinski definition) is 1. The van der Waals surface area contributed by atoms with Crippen molar-refractivity contribution in [3.8, 4) is 6.01 Å². The Labute approximate surface area is 140 Å². The number of hydrogen-bond acceptors (Lipinski definition) is 5. The number of nitrogens with zero attached hydrogens (tertiary/aromatic N) is 3. The maximum atomic E-state index is 5.91. The summed E-state index contributed by atoms with van der Waals surface area (Å²) in [7, 11) is 0. The van der Waals surface area contributed by atoms with E-state index in [-0.39, 0.29) is 11.3 Å². The highest BCUT2D eigenvalue weighted by Crippen LogP contribution is 2.25. The second kappa shape index (κ2) is 7.24. The smallest absolute Gasteiger partial charge is 0.322 e. The zero-order valence-electron chi connectivity index (χ0n) is 10.5. The van der Waals surface area contributed by atoms with Gasteiger partial charge in [-0.1, -0.05) is 18.5 Å². The fraction of sp³-hybridized carbons (Fsp3) is 0.250. The first kappa shape index (κ1) is 15.5. The van der Waals surface area contributed by atoms with Gasteiger partial charge in [0.25, 0.3) is 0 Å². The Bertz CT molecular complexity index is 612. The summed E-state index contributed by atoms with van der Waals surface area (Å²) in [6.07, 6.45) is 0.862. The van der Waals surface area contributed by atoms with E-state index in [1.165, 1.54) is 0 Å². The van der Waals surface area contributed by atoms with Crippen molar-refractivity contribution in [3.63, 3.8) is 0 Å². The summed E-state index contributed by atoms with van der Waals surface area (Å²) < 4.78 is 6.30. The molecule has 0 saturated heterocycles. The van der Waals surface area contributed by atoms with Crippen molar-refractivity contribution < 1.29 is 4.74 Å². The maximum absolute atomic E-state index is 5.91. The van der Waals surface area contributed by atoms with E-state index in [4.69, 9.17) is 27.9 Å². The van der Waals surface area contributed by atoms with Gasteiger partial charge in [0.05, 0.1) is 12.3 Å². The molecule has 0 saturated carbocycles. The molecule has 0 aliphatic heterocycles. The van der Waals surface area contributed by atoms with Crippen molar-refractivity contribution in [1.29, 1.82) is 0 Å². The maximum Gasteiger partial charge on any atom is 0.322 e. The van der Waals surface area contributed by atoms with Crippen LogP contribution in [0.3, 0.4) is 0 Å². The van der Waals surface area contributed by atoms with Crippen LogP contribution < -0.4 is 10.1 Å². The summed E-state index contributed by atoms with van der Waals surface area (Å²) in [4.78, 5) is 12.1. The first-order valence-electron chi connectivity index (χ1n) is 5.85. The van der Waals surface area contributed by atoms with Crippen molar-refractivity contribution in [2.24, 2.45) is 0 Å². The lowest BCUT2D eigenvalue weighted by Crippen LogP contribution is -2.05. The van der Waals surface area contributed by atoms with Crippen LogP contribution in [0.1, 0.15) is 13.3 Å². The molecule has 2 aromatic rings. The monoisotopic (exact) mass is 424 g/mol. The van der Waals surface area contributed by atoms with Crippen molar-refractivity contribution in [2.45, 2.75) is 13.3 Å². The Morgan fingerprint density at radius 2 is 2.05 bits per heavy atom. The van der Waals surface area contributed by atoms with Crippen molar-refractivity contribution >= 4 is 57.4 Å². The van der Waals surface area contributed by atoms with Gasteiger partial charge >= 0.3 is 6.01 Å². The van der Waals surface area contributed by atoms with Crippen LogP contribution in [0, 0.1) is 3.57 Å². The van der Waals surface area contributed by atoms with Crippen LogP contribution in [-0.2, 0) is 0 Å². The second-order valence-corrected chi connectivity index (χ2v) is 5.74. The molecule has 1 aromatic heterocycles. The zero-order valence-corrected chi connectivity index (χ0v) is 14.2. The molecule has 0 unspecified atom stereocenters. The minimum atomic E-state index is 0.0811. The van der Waals surface area contributed by atoms with E-state index in [2.05, 4.69) is 42.9 Å². The molecule has 0 atom stereocenters. The van der Waals surface area contributed by atoms with Crippen LogP contribution in [0.2, 0.25) is 10.3 Å². The first-order chi connectivity index (χ1) is 9.58. The molecule has 2 rings (SSSR count). The molecule has 0 spiro atoms. The molecular weight excluding hydrogens is 414 g/mol. The average molecular weight is 425 g/mol. The lowest BCUT2D eigenvalue weighted by atomic mass is 10.3. The van der Waals surface area contributed by atoms with Crippen LogP contribution in [0.15, 0.2) is 18.2 Å². The molecule has 8 heteroatoms. The lowest BCUT2D eigenvalue weighted by Gasteiger charge is -2.09. The highest BCUT2D eigenvalue weighted by molar-refractivity contribution is 14.1. The molecule has 0 aliphatic rings. The number of anilines is 2. The van der Waals surface area contributed by atoms with E-state index in [9.17, 15) is 0 Å². The Morgan fingerprint density at radius 1 is 1.25 bits per heavy atom. The summed E-state index contributed by atoms with van der Waals surface area (Å²) >= 11 is 13.9. The predicted octanol–water partition coefficient (Wildman–Crippen LogP) is 4.32. The molecule has 0 bridgehead atoms. The van der Waals surface area contributed by atoms with Gasteiger partial charge in [-0.25, -0.2) is 0 Å². The molecule has 0 radical (unpaired) electrons. The quantitative estimate of drug-likeness (QED) is 0.724. The summed E-state index contributed by atoms with van der Waals surface area (Å²) in [5.41, 5.74) is 0.832. The number of ether oxygens (including phenoxy) is 1. The highest BCUT2D eigenvalue weighted by Gasteiger charge is 2.08. The van der Waals surface area contributed by atoms with Gasteiger partial charge in [-0.3, -0.25) is 0 Å². The largest absolute Gasteiger partial charge is 0.463 e. The third-order valence-electron chi connectivity index (χ3n) is 2.20. The average Bonchev–Trinajstić information content (AvgIpc) is 2.39. The molecule has 0 aliphatic carbocycles. The summed E-state index contributed by atoms with van der Waals surface area (Å²) in [5, 5.41) is 3.81. The molecule has 5 nitrogen and oxygen atoms in total. The zero-order chi connectivity index (χ0) is 14.5. The topological polar surface area (TPSA) is 59.9 Å². The normalized spacial score (nSPS) is 10.4. The molecule has 1 aromatic carbocycles. The number of halogens is 3. The van der Waals surface area contributed by atoms with E-state index in [0.29, 0.717) is 17.6 Å². The molecule has 0 fully saturated rings. The molecule has 1 N–H and O–H groups in total. The minimum absolute atomic E-state index is 0.0811. The lowest BCUT2D eigenvalue weighted by molar-refractivity contribution is 0.292. The molecule has 106 valence electrons. The summed E-state index contributed by atoms with van der Waals surface area (Å²) in [6, 6.07) is 5.66. The van der Waals surface area contributed by atoms with Gasteiger partial charge in [0, 0.05) is 8.59 Å². The standard InChI is InChI=1S/C12H11Cl2IN4O/c1-2-5-20-12-18-10(14)17-11(19-12)16-9-4-3-7(13)6-8(9)15/h3-4,6H,2,5H2,1H3,(H,16,17,18,19). The fourth-order valence-corrected chi connectivity index (χ4v) is 2.52. The van der Waals surface area contributed by atoms with Crippen LogP contribution in [0.4, 0.5) is 11.6 Å². The Morgan fingerprint density at radius 3 is 2.75 bits per heavy atom. The number of aromatic nitrogens is 3. The number of benzene rings is 1. The fourth-order valence-electron chi connectivity index (χ4n) is 1.36. The third-order valence-corrected chi connectivity index (χ3v) is 3.50. The van der Waals surface area contributed by atoms with Crippen LogP contribution >= 0.6 is 45.8 Å². The van der Waals surface area contributed by atoms with Crippen LogP contribution in [0.25, 0.3) is 0 Å². The number of rotatable bonds is 5. The predicted molar refractivity (Wildman–Crippen MR) is 88.1 cm³/mol. The molecule has 20 heavy (non-hydrogen) atoms. The molecular formula is C12H11Cl2IN4O. The van der Waals surface area contributed by atoms with Crippen molar-refractivity contribution in [3.05, 3.63) is 32.1 Å². The third kappa shape index (κ3) is 4.32. The van der Waals surface area contributed by atoms with E-state index in [1.54, 1.807) is 6.07 Å². The highest BCUT2D eigenvalue weighted by atomic mass is 127. The van der Waals surface area contributed by atoms with Gasteiger partial charge in [0.15, 0.2) is 0 Å². The summed E-state index contributed by atoms with van der Waals surface area (Å²) in [5.74, 6) is 0.330. The van der Waals surface area contributed by atoms with E-state index in [1.807, 2.05) is 19.1 Å². The van der Waals surface area contributed by atoms with Gasteiger partial charge in [0.1, 0.15) is 0 Å². The minimum Gasteiger partial charge on any atom is -0.463 e. The Hall–Kier alpha value is -0.860. The second-order valence-electron chi connectivity index (χ2n) is 3.81. The van der Waals surface area contributed by atoms with Crippen LogP contribution in [-0.4, -0.2) is 21.6 Å². The Kier molecular flexibility index (Phi) is 5.62. The van der Waals surface area contributed by atoms with Crippen molar-refractivity contribution in [2.75, 3.05) is 11.9 Å². The first-order valence-corrected chi connectivity index (χ1v) is 7.68. The van der Waals surface area contributed by atoms with Gasteiger partial charge in [-0.2, -0.15) is 15.0 Å². The van der Waals surface area contributed by atoms with Gasteiger partial charge in [0.2, 0.25) is 11.2 Å². The number of nitrogens with one attached hydrogen (secondary N) is 1. The molecule has 1 heterocycles. The molecule has 0 amide bonds. The van der Waals surface area contributed by atoms with Gasteiger partial charge < -0.3 is 10.1 Å².